The molecule has 3 nitrogen and oxygen atoms in total. The first-order valence-electron chi connectivity index (χ1n) is 18.1. The van der Waals surface area contributed by atoms with E-state index in [-0.39, 0.29) is 12.1 Å². The van der Waals surface area contributed by atoms with Crippen LogP contribution in [0.4, 0.5) is 0 Å². The fourth-order valence-corrected chi connectivity index (χ4v) is 10.9. The Bertz CT molecular complexity index is 2140. The summed E-state index contributed by atoms with van der Waals surface area (Å²) in [5.41, 5.74) is 8.06. The summed E-state index contributed by atoms with van der Waals surface area (Å²) in [6, 6.07) is 35.7. The fraction of sp³-hybridized carbons (Fsp3) is 0.318. The van der Waals surface area contributed by atoms with Gasteiger partial charge in [-0.25, -0.2) is 0 Å². The average Bonchev–Trinajstić information content (AvgIpc) is 3.31. The first-order valence-corrected chi connectivity index (χ1v) is 19.3. The van der Waals surface area contributed by atoms with Crippen LogP contribution in [-0.2, 0) is 12.8 Å². The van der Waals surface area contributed by atoms with Crippen molar-refractivity contribution in [3.8, 4) is 0 Å². The zero-order valence-electron chi connectivity index (χ0n) is 28.1. The van der Waals surface area contributed by atoms with E-state index in [1.54, 1.807) is 0 Å². The first-order chi connectivity index (χ1) is 23.7. The molecule has 0 spiro atoms. The van der Waals surface area contributed by atoms with Crippen LogP contribution in [0.2, 0.25) is 0 Å². The first kappa shape index (κ1) is 30.1. The molecule has 242 valence electrons. The van der Waals surface area contributed by atoms with Crippen molar-refractivity contribution in [3.63, 3.8) is 0 Å². The predicted octanol–water partition coefficient (Wildman–Crippen LogP) is 13.1. The average molecular weight is 650 g/mol. The summed E-state index contributed by atoms with van der Waals surface area (Å²) in [6.45, 7) is 4.70. The molecule has 3 unspecified atom stereocenters. The van der Waals surface area contributed by atoms with Crippen molar-refractivity contribution in [3.05, 3.63) is 137 Å². The molecule has 0 N–H and O–H groups in total. The van der Waals surface area contributed by atoms with E-state index >= 15 is 0 Å². The Morgan fingerprint density at radius 3 is 2.04 bits per heavy atom. The molecule has 1 saturated carbocycles. The number of benzene rings is 5. The molecular formula is C44H44NO2P. The molecule has 1 fully saturated rings. The number of nitrogens with zero attached hydrogens (tertiary/aromatic N) is 1. The molecule has 0 radical (unpaired) electrons. The monoisotopic (exact) mass is 649 g/mol. The topological polar surface area (TPSA) is 29.5 Å². The molecule has 0 aliphatic heterocycles. The van der Waals surface area contributed by atoms with Crippen LogP contribution in [0.1, 0.15) is 104 Å². The van der Waals surface area contributed by atoms with Crippen molar-refractivity contribution in [2.24, 2.45) is 5.92 Å². The van der Waals surface area contributed by atoms with E-state index in [0.29, 0.717) is 11.8 Å². The number of hydrogen-bond donors (Lipinski definition) is 0. The minimum Gasteiger partial charge on any atom is -0.408 e. The number of rotatable bonds is 5. The Morgan fingerprint density at radius 2 is 1.31 bits per heavy atom. The van der Waals surface area contributed by atoms with E-state index in [1.165, 1.54) is 93.3 Å². The second-order valence-corrected chi connectivity index (χ2v) is 15.6. The quantitative estimate of drug-likeness (QED) is 0.186. The summed E-state index contributed by atoms with van der Waals surface area (Å²) in [7, 11) is -1.54. The van der Waals surface area contributed by atoms with Gasteiger partial charge in [-0.3, -0.25) is 0 Å². The van der Waals surface area contributed by atoms with E-state index in [2.05, 4.69) is 128 Å². The van der Waals surface area contributed by atoms with E-state index in [4.69, 9.17) is 8.39 Å². The number of allylic oxidation sites excluding steroid dienone is 1. The van der Waals surface area contributed by atoms with Crippen LogP contribution in [0.15, 0.2) is 112 Å². The summed E-state index contributed by atoms with van der Waals surface area (Å²) < 4.78 is 17.3. The second kappa shape index (κ2) is 12.4. The number of aryl methyl sites for hydroxylation is 2. The smallest absolute Gasteiger partial charge is 0.310 e. The van der Waals surface area contributed by atoms with Crippen LogP contribution in [0.5, 0.6) is 0 Å². The van der Waals surface area contributed by atoms with Gasteiger partial charge in [0.15, 0.2) is 0 Å². The molecule has 3 aliphatic rings. The van der Waals surface area contributed by atoms with Crippen molar-refractivity contribution in [1.82, 2.24) is 0 Å². The second-order valence-electron chi connectivity index (χ2n) is 14.3. The SMILES string of the molecule is C[C@H](c1cccc2ccccc12)N([C@H](C)c1cccc2ccccc12)p1oc2c(c3c4c(ccc3o1)CCCC4)C1CCCCC1C=C2. The molecule has 48 heavy (non-hydrogen) atoms. The summed E-state index contributed by atoms with van der Waals surface area (Å²) in [5.74, 6) is 2.11. The van der Waals surface area contributed by atoms with Gasteiger partial charge in [0.1, 0.15) is 11.3 Å². The molecule has 5 aromatic carbocycles. The number of fused-ring (bicyclic) bond motifs is 9. The fourth-order valence-electron chi connectivity index (χ4n) is 9.21. The largest absolute Gasteiger partial charge is 0.408 e. The lowest BCUT2D eigenvalue weighted by atomic mass is 9.71. The molecule has 0 saturated heterocycles. The van der Waals surface area contributed by atoms with Crippen molar-refractivity contribution in [2.75, 3.05) is 4.67 Å². The van der Waals surface area contributed by atoms with Gasteiger partial charge in [0, 0.05) is 23.0 Å². The van der Waals surface area contributed by atoms with Gasteiger partial charge < -0.3 is 8.39 Å². The van der Waals surface area contributed by atoms with Gasteiger partial charge in [-0.2, -0.15) is 4.67 Å². The Kier molecular flexibility index (Phi) is 7.79. The van der Waals surface area contributed by atoms with Gasteiger partial charge in [-0.15, -0.1) is 0 Å². The minimum absolute atomic E-state index is 0.0226. The molecule has 9 rings (SSSR count). The van der Waals surface area contributed by atoms with Gasteiger partial charge in [-0.1, -0.05) is 110 Å². The molecule has 0 bridgehead atoms. The van der Waals surface area contributed by atoms with Crippen LogP contribution in [0.3, 0.4) is 0 Å². The van der Waals surface area contributed by atoms with Crippen LogP contribution in [0.25, 0.3) is 38.6 Å². The van der Waals surface area contributed by atoms with E-state index in [9.17, 15) is 0 Å². The van der Waals surface area contributed by atoms with Crippen molar-refractivity contribution < 1.29 is 8.39 Å². The maximum absolute atomic E-state index is 7.37. The molecule has 5 atom stereocenters. The molecule has 1 heterocycles. The van der Waals surface area contributed by atoms with Crippen molar-refractivity contribution >= 4 is 46.8 Å². The van der Waals surface area contributed by atoms with Crippen LogP contribution >= 0.6 is 8.16 Å². The molecular weight excluding hydrogens is 605 g/mol. The lowest BCUT2D eigenvalue weighted by molar-refractivity contribution is 0.356. The van der Waals surface area contributed by atoms with Crippen LogP contribution < -0.4 is 4.67 Å². The zero-order chi connectivity index (χ0) is 32.2. The Morgan fingerprint density at radius 1 is 0.667 bits per heavy atom. The highest BCUT2D eigenvalue weighted by Gasteiger charge is 2.36. The number of hydrogen-bond acceptors (Lipinski definition) is 3. The standard InChI is InChI=1S/C44H44NO2P/c1-29(35-23-11-17-31-13-3-7-19-37(31)35)45(30(2)36-24-12-18-32-14-4-8-20-38(32)36)48-46-41-27-25-33-15-5-9-21-39(33)43(41)44-40-22-10-6-16-34(40)26-28-42(44)47-48/h3-4,7-8,11-14,17-20,23-30,33,39H,5-6,9-10,15-16,21-22H2,1-2H3/t29-,30-,33?,39?,48?/m1/s1. The summed E-state index contributed by atoms with van der Waals surface area (Å²) >= 11 is 0. The van der Waals surface area contributed by atoms with E-state index in [0.717, 1.165) is 24.2 Å². The third-order valence-electron chi connectivity index (χ3n) is 11.6. The summed E-state index contributed by atoms with van der Waals surface area (Å²) in [6.07, 6.45) is 14.7. The Hall–Kier alpha value is -4.04. The minimum atomic E-state index is -1.54. The molecule has 6 aromatic rings. The third-order valence-corrected chi connectivity index (χ3v) is 13.4. The van der Waals surface area contributed by atoms with Gasteiger partial charge >= 0.3 is 8.16 Å². The highest BCUT2D eigenvalue weighted by molar-refractivity contribution is 7.38. The maximum atomic E-state index is 7.37. The highest BCUT2D eigenvalue weighted by Crippen LogP contribution is 2.52. The van der Waals surface area contributed by atoms with Gasteiger partial charge in [0.25, 0.3) is 0 Å². The van der Waals surface area contributed by atoms with Crippen LogP contribution in [0, 0.1) is 5.92 Å². The van der Waals surface area contributed by atoms with Crippen molar-refractivity contribution in [2.45, 2.75) is 83.2 Å². The Labute approximate surface area is 284 Å². The molecule has 4 heteroatoms. The molecule has 0 amide bonds. The Balaban J connectivity index is 1.32. The highest BCUT2D eigenvalue weighted by atomic mass is 31.1. The zero-order valence-corrected chi connectivity index (χ0v) is 29.0. The molecule has 3 aliphatic carbocycles. The van der Waals surface area contributed by atoms with Gasteiger partial charge in [0.05, 0.1) is 0 Å². The molecule has 1 aromatic heterocycles. The summed E-state index contributed by atoms with van der Waals surface area (Å²) in [5, 5.41) is 6.45. The van der Waals surface area contributed by atoms with Gasteiger partial charge in [-0.05, 0) is 120 Å². The normalized spacial score (nSPS) is 20.4. The van der Waals surface area contributed by atoms with E-state index in [1.807, 2.05) is 0 Å². The maximum Gasteiger partial charge on any atom is 0.310 e. The lowest BCUT2D eigenvalue weighted by Gasteiger charge is -2.34. The van der Waals surface area contributed by atoms with Crippen LogP contribution in [-0.4, -0.2) is 0 Å². The van der Waals surface area contributed by atoms with Gasteiger partial charge in [0.2, 0.25) is 0 Å². The lowest BCUT2D eigenvalue weighted by Crippen LogP contribution is -2.27. The summed E-state index contributed by atoms with van der Waals surface area (Å²) in [4.78, 5) is 0. The van der Waals surface area contributed by atoms with Crippen molar-refractivity contribution in [1.29, 1.82) is 0 Å². The van der Waals surface area contributed by atoms with E-state index < -0.39 is 8.16 Å². The third kappa shape index (κ3) is 5.06. The predicted molar refractivity (Wildman–Crippen MR) is 202 cm³/mol.